The van der Waals surface area contributed by atoms with Gasteiger partial charge >= 0.3 is 0 Å². The molecule has 1 saturated heterocycles. The summed E-state index contributed by atoms with van der Waals surface area (Å²) in [5, 5.41) is 11.1. The highest BCUT2D eigenvalue weighted by atomic mass is 16.5. The highest BCUT2D eigenvalue weighted by Gasteiger charge is 2.39. The Morgan fingerprint density at radius 3 is 2.80 bits per heavy atom. The van der Waals surface area contributed by atoms with Crippen LogP contribution in [0.25, 0.3) is 0 Å². The number of amides is 3. The summed E-state index contributed by atoms with van der Waals surface area (Å²) in [6.45, 7) is 0.339. The zero-order valence-corrected chi connectivity index (χ0v) is 10.5. The molecule has 0 spiro atoms. The number of piperidine rings is 1. The maximum atomic E-state index is 12.3. The van der Waals surface area contributed by atoms with Gasteiger partial charge in [0, 0.05) is 18.5 Å². The van der Waals surface area contributed by atoms with E-state index in [1.54, 1.807) is 18.2 Å². The van der Waals surface area contributed by atoms with Crippen LogP contribution < -0.4 is 10.8 Å². The number of benzene rings is 1. The van der Waals surface area contributed by atoms with Gasteiger partial charge in [-0.3, -0.25) is 30.4 Å². The Morgan fingerprint density at radius 1 is 1.30 bits per heavy atom. The minimum absolute atomic E-state index is 0.236. The normalized spacial score (nSPS) is 21.8. The van der Waals surface area contributed by atoms with Gasteiger partial charge in [-0.2, -0.15) is 0 Å². The van der Waals surface area contributed by atoms with E-state index in [9.17, 15) is 14.4 Å². The van der Waals surface area contributed by atoms with Crippen LogP contribution in [0.5, 0.6) is 0 Å². The molecular weight excluding hydrogens is 262 g/mol. The lowest BCUT2D eigenvalue weighted by Crippen LogP contribution is -2.52. The first-order chi connectivity index (χ1) is 9.60. The van der Waals surface area contributed by atoms with E-state index in [1.165, 1.54) is 4.90 Å². The van der Waals surface area contributed by atoms with Gasteiger partial charge in [-0.1, -0.05) is 6.07 Å². The molecule has 3 rings (SSSR count). The van der Waals surface area contributed by atoms with E-state index in [4.69, 9.17) is 5.21 Å². The quantitative estimate of drug-likeness (QED) is 0.531. The highest BCUT2D eigenvalue weighted by Crippen LogP contribution is 2.29. The first kappa shape index (κ1) is 12.6. The van der Waals surface area contributed by atoms with Crippen molar-refractivity contribution >= 4 is 23.4 Å². The molecule has 2 aliphatic rings. The maximum absolute atomic E-state index is 12.3. The van der Waals surface area contributed by atoms with Crippen molar-refractivity contribution < 1.29 is 19.6 Å². The molecule has 104 valence electrons. The lowest BCUT2D eigenvalue weighted by Gasteiger charge is -2.29. The van der Waals surface area contributed by atoms with Gasteiger partial charge in [-0.25, -0.2) is 0 Å². The van der Waals surface area contributed by atoms with Crippen LogP contribution in [-0.4, -0.2) is 33.9 Å². The van der Waals surface area contributed by atoms with Crippen molar-refractivity contribution in [3.05, 3.63) is 29.3 Å². The van der Waals surface area contributed by atoms with E-state index in [2.05, 4.69) is 5.32 Å². The number of hydrogen-bond donors (Lipinski definition) is 3. The van der Waals surface area contributed by atoms with Crippen molar-refractivity contribution in [1.82, 2.24) is 10.2 Å². The Hall–Kier alpha value is -2.41. The molecule has 1 aromatic rings. The Labute approximate surface area is 114 Å². The molecular formula is C13H13N3O4. The third-order valence-electron chi connectivity index (χ3n) is 3.66. The summed E-state index contributed by atoms with van der Waals surface area (Å²) in [6, 6.07) is 4.32. The number of imide groups is 1. The molecule has 3 amide bonds. The Bertz CT molecular complexity index is 614. The molecule has 20 heavy (non-hydrogen) atoms. The Balaban J connectivity index is 1.86. The predicted molar refractivity (Wildman–Crippen MR) is 67.9 cm³/mol. The standard InChI is InChI=1S/C13H13N3O4/c17-11-4-3-10(12(18)14-11)16-6-7-1-2-8(15-20)5-9(7)13(16)19/h1-2,5,10,15,20H,3-4,6H2,(H,14,17,18). The molecule has 1 unspecified atom stereocenters. The number of carbonyl (C=O) groups excluding carboxylic acids is 3. The van der Waals surface area contributed by atoms with Gasteiger partial charge in [0.1, 0.15) is 6.04 Å². The molecule has 3 N–H and O–H groups in total. The van der Waals surface area contributed by atoms with E-state index in [0.29, 0.717) is 24.2 Å². The summed E-state index contributed by atoms with van der Waals surface area (Å²) in [7, 11) is 0. The second kappa shape index (κ2) is 4.61. The smallest absolute Gasteiger partial charge is 0.255 e. The van der Waals surface area contributed by atoms with Crippen LogP contribution in [0, 0.1) is 0 Å². The fourth-order valence-electron chi connectivity index (χ4n) is 2.62. The van der Waals surface area contributed by atoms with Crippen molar-refractivity contribution in [3.8, 4) is 0 Å². The van der Waals surface area contributed by atoms with Crippen molar-refractivity contribution in [2.75, 3.05) is 5.48 Å². The third-order valence-corrected chi connectivity index (χ3v) is 3.66. The largest absolute Gasteiger partial charge is 0.322 e. The summed E-state index contributed by atoms with van der Waals surface area (Å²) < 4.78 is 0. The van der Waals surface area contributed by atoms with Gasteiger partial charge in [-0.15, -0.1) is 0 Å². The summed E-state index contributed by atoms with van der Waals surface area (Å²) >= 11 is 0. The zero-order chi connectivity index (χ0) is 14.3. The topological polar surface area (TPSA) is 98.7 Å². The van der Waals surface area contributed by atoms with Gasteiger partial charge in [0.05, 0.1) is 5.69 Å². The number of hydrogen-bond acceptors (Lipinski definition) is 5. The van der Waals surface area contributed by atoms with Gasteiger partial charge < -0.3 is 4.90 Å². The van der Waals surface area contributed by atoms with Gasteiger partial charge in [0.2, 0.25) is 11.8 Å². The molecule has 7 heteroatoms. The lowest BCUT2D eigenvalue weighted by molar-refractivity contribution is -0.136. The number of fused-ring (bicyclic) bond motifs is 1. The lowest BCUT2D eigenvalue weighted by atomic mass is 10.0. The SMILES string of the molecule is O=C1CCC(N2Cc3ccc(NO)cc3C2=O)C(=O)N1. The first-order valence-corrected chi connectivity index (χ1v) is 6.28. The number of anilines is 1. The second-order valence-electron chi connectivity index (χ2n) is 4.88. The van der Waals surface area contributed by atoms with E-state index in [0.717, 1.165) is 5.56 Å². The van der Waals surface area contributed by atoms with Crippen LogP contribution >= 0.6 is 0 Å². The van der Waals surface area contributed by atoms with Crippen LogP contribution in [0.1, 0.15) is 28.8 Å². The molecule has 0 bridgehead atoms. The molecule has 0 saturated carbocycles. The molecule has 2 aliphatic heterocycles. The van der Waals surface area contributed by atoms with Crippen molar-refractivity contribution in [2.24, 2.45) is 0 Å². The molecule has 1 fully saturated rings. The van der Waals surface area contributed by atoms with Crippen LogP contribution in [0.15, 0.2) is 18.2 Å². The number of carbonyl (C=O) groups is 3. The van der Waals surface area contributed by atoms with E-state index >= 15 is 0 Å². The van der Waals surface area contributed by atoms with E-state index < -0.39 is 11.9 Å². The van der Waals surface area contributed by atoms with Crippen LogP contribution in [0.4, 0.5) is 5.69 Å². The predicted octanol–water partition coefficient (Wildman–Crippen LogP) is 0.249. The molecule has 0 aromatic heterocycles. The summed E-state index contributed by atoms with van der Waals surface area (Å²) in [5.41, 5.74) is 3.68. The summed E-state index contributed by atoms with van der Waals surface area (Å²) in [5.74, 6) is -0.989. The van der Waals surface area contributed by atoms with Crippen LogP contribution in [-0.2, 0) is 16.1 Å². The highest BCUT2D eigenvalue weighted by molar-refractivity contribution is 6.05. The van der Waals surface area contributed by atoms with Crippen LogP contribution in [0.2, 0.25) is 0 Å². The molecule has 7 nitrogen and oxygen atoms in total. The van der Waals surface area contributed by atoms with E-state index in [1.807, 2.05) is 5.48 Å². The Morgan fingerprint density at radius 2 is 2.10 bits per heavy atom. The monoisotopic (exact) mass is 275 g/mol. The fraction of sp³-hybridized carbons (Fsp3) is 0.308. The summed E-state index contributed by atoms with van der Waals surface area (Å²) in [4.78, 5) is 36.8. The third kappa shape index (κ3) is 1.92. The minimum atomic E-state index is -0.613. The molecule has 1 atom stereocenters. The van der Waals surface area contributed by atoms with E-state index in [-0.39, 0.29) is 18.2 Å². The first-order valence-electron chi connectivity index (χ1n) is 6.28. The fourth-order valence-corrected chi connectivity index (χ4v) is 2.62. The van der Waals surface area contributed by atoms with Crippen molar-refractivity contribution in [2.45, 2.75) is 25.4 Å². The molecule has 0 aliphatic carbocycles. The Kier molecular flexibility index (Phi) is 2.90. The van der Waals surface area contributed by atoms with Gasteiger partial charge in [0.15, 0.2) is 0 Å². The minimum Gasteiger partial charge on any atom is -0.322 e. The van der Waals surface area contributed by atoms with Crippen molar-refractivity contribution in [3.63, 3.8) is 0 Å². The average Bonchev–Trinajstić information content (AvgIpc) is 2.76. The summed E-state index contributed by atoms with van der Waals surface area (Å²) in [6.07, 6.45) is 0.579. The molecule has 1 aromatic carbocycles. The molecule has 2 heterocycles. The van der Waals surface area contributed by atoms with Crippen molar-refractivity contribution in [1.29, 1.82) is 0 Å². The van der Waals surface area contributed by atoms with Crippen LogP contribution in [0.3, 0.4) is 0 Å². The van der Waals surface area contributed by atoms with Gasteiger partial charge in [0.25, 0.3) is 5.91 Å². The van der Waals surface area contributed by atoms with Gasteiger partial charge in [-0.05, 0) is 24.1 Å². The second-order valence-corrected chi connectivity index (χ2v) is 4.88. The number of rotatable bonds is 2. The number of nitrogens with zero attached hydrogens (tertiary/aromatic N) is 1. The molecule has 0 radical (unpaired) electrons. The average molecular weight is 275 g/mol. The number of nitrogens with one attached hydrogen (secondary N) is 2. The zero-order valence-electron chi connectivity index (χ0n) is 10.5. The maximum Gasteiger partial charge on any atom is 0.255 e.